The van der Waals surface area contributed by atoms with Crippen LogP contribution in [-0.2, 0) is 21.2 Å². The van der Waals surface area contributed by atoms with E-state index in [4.69, 9.17) is 9.47 Å². The van der Waals surface area contributed by atoms with Gasteiger partial charge in [-0.1, -0.05) is 6.07 Å². The first-order valence-corrected chi connectivity index (χ1v) is 17.0. The molecule has 1 saturated heterocycles. The molecule has 0 saturated carbocycles. The molecule has 1 amide bonds. The van der Waals surface area contributed by atoms with E-state index in [1.807, 2.05) is 7.05 Å². The zero-order chi connectivity index (χ0) is 33.9. The number of aromatic nitrogens is 2. The van der Waals surface area contributed by atoms with Crippen molar-refractivity contribution in [2.24, 2.45) is 0 Å². The van der Waals surface area contributed by atoms with Crippen LogP contribution in [0.5, 0.6) is 17.2 Å². The predicted octanol–water partition coefficient (Wildman–Crippen LogP) is 5.18. The molecule has 248 valence electrons. The van der Waals surface area contributed by atoms with E-state index in [0.29, 0.717) is 23.5 Å². The fourth-order valence-electron chi connectivity index (χ4n) is 4.75. The number of hydrogen-bond acceptors (Lipinski definition) is 11. The number of halogens is 3. The molecule has 0 radical (unpaired) electrons. The first-order valence-electron chi connectivity index (χ1n) is 14.2. The average molecular weight is 690 g/mol. The molecule has 0 aliphatic carbocycles. The summed E-state index contributed by atoms with van der Waals surface area (Å²) >= 11 is 1.14. The van der Waals surface area contributed by atoms with Gasteiger partial charge >= 0.3 is 12.1 Å². The zero-order valence-corrected chi connectivity index (χ0v) is 27.1. The second-order valence-electron chi connectivity index (χ2n) is 10.9. The number of likely N-dealkylation sites (N-methyl/N-ethyl adjacent to an activating group) is 1. The van der Waals surface area contributed by atoms with Crippen molar-refractivity contribution in [3.63, 3.8) is 0 Å². The molecule has 1 fully saturated rings. The quantitative estimate of drug-likeness (QED) is 0.185. The van der Waals surface area contributed by atoms with Crippen LogP contribution in [0.3, 0.4) is 0 Å². The Morgan fingerprint density at radius 2 is 1.77 bits per heavy atom. The monoisotopic (exact) mass is 689 g/mol. The van der Waals surface area contributed by atoms with Crippen molar-refractivity contribution in [1.29, 1.82) is 0 Å². The van der Waals surface area contributed by atoms with Crippen LogP contribution in [0.15, 0.2) is 65.0 Å². The lowest BCUT2D eigenvalue weighted by atomic mass is 10.0. The Kier molecular flexibility index (Phi) is 9.95. The van der Waals surface area contributed by atoms with Crippen LogP contribution >= 0.6 is 11.3 Å². The van der Waals surface area contributed by atoms with Gasteiger partial charge in [0, 0.05) is 56.1 Å². The lowest BCUT2D eigenvalue weighted by Gasteiger charge is -2.31. The normalized spacial score (nSPS) is 14.5. The van der Waals surface area contributed by atoms with Crippen LogP contribution in [0.4, 0.5) is 18.3 Å². The van der Waals surface area contributed by atoms with Gasteiger partial charge in [0.15, 0.2) is 26.5 Å². The molecule has 4 aromatic rings. The molecule has 1 N–H and O–H groups in total. The Morgan fingerprint density at radius 1 is 1.06 bits per heavy atom. The second kappa shape index (κ2) is 13.8. The van der Waals surface area contributed by atoms with Gasteiger partial charge in [-0.3, -0.25) is 20.0 Å². The first-order chi connectivity index (χ1) is 22.2. The van der Waals surface area contributed by atoms with E-state index in [0.717, 1.165) is 43.8 Å². The van der Waals surface area contributed by atoms with Crippen LogP contribution in [0.2, 0.25) is 0 Å². The van der Waals surface area contributed by atoms with E-state index < -0.39 is 45.0 Å². The molecule has 0 bridgehead atoms. The number of esters is 1. The number of piperazine rings is 1. The minimum absolute atomic E-state index is 0.00331. The standard InChI is InChI=1S/C31H30F3N5O6S2/c1-19-5-4-10-35-26(19)20-15-24(28(40)37-30-36-21(18-46-30)17-39-13-11-38(2)12-14-39)27(45-29(41)31(32,33)34)25(16-20)44-22-6-8-23(9-7-22)47(3,42)43/h4-10,15-16,18H,11-14,17H2,1-3H3,(H,36,37,40). The van der Waals surface area contributed by atoms with Crippen molar-refractivity contribution in [1.82, 2.24) is 19.8 Å². The number of ether oxygens (including phenoxy) is 2. The highest BCUT2D eigenvalue weighted by molar-refractivity contribution is 7.90. The molecule has 1 aliphatic heterocycles. The SMILES string of the molecule is Cc1cccnc1-c1cc(Oc2ccc(S(C)(=O)=O)cc2)c(OC(=O)C(F)(F)F)c(C(=O)Nc2nc(CN3CCN(C)CC3)cs2)c1. The van der Waals surface area contributed by atoms with Gasteiger partial charge in [0.2, 0.25) is 0 Å². The van der Waals surface area contributed by atoms with E-state index >= 15 is 0 Å². The summed E-state index contributed by atoms with van der Waals surface area (Å²) in [6.45, 7) is 5.82. The number of aryl methyl sites for hydroxylation is 1. The molecule has 47 heavy (non-hydrogen) atoms. The van der Waals surface area contributed by atoms with Gasteiger partial charge in [-0.15, -0.1) is 11.3 Å². The van der Waals surface area contributed by atoms with Crippen LogP contribution in [0, 0.1) is 6.92 Å². The van der Waals surface area contributed by atoms with Crippen molar-refractivity contribution in [3.8, 4) is 28.5 Å². The molecule has 1 aliphatic rings. The molecule has 2 aromatic carbocycles. The van der Waals surface area contributed by atoms with Crippen molar-refractivity contribution in [2.75, 3.05) is 44.8 Å². The van der Waals surface area contributed by atoms with Gasteiger partial charge in [0.25, 0.3) is 5.91 Å². The Labute approximate surface area is 272 Å². The predicted molar refractivity (Wildman–Crippen MR) is 169 cm³/mol. The lowest BCUT2D eigenvalue weighted by Crippen LogP contribution is -2.43. The van der Waals surface area contributed by atoms with E-state index in [-0.39, 0.29) is 21.3 Å². The maximum atomic E-state index is 13.8. The summed E-state index contributed by atoms with van der Waals surface area (Å²) in [4.78, 5) is 39.1. The number of rotatable bonds is 9. The van der Waals surface area contributed by atoms with E-state index in [1.165, 1.54) is 42.6 Å². The number of carbonyl (C=O) groups is 2. The van der Waals surface area contributed by atoms with Gasteiger partial charge in [-0.25, -0.2) is 18.2 Å². The van der Waals surface area contributed by atoms with Crippen LogP contribution in [-0.4, -0.2) is 85.7 Å². The number of sulfone groups is 1. The highest BCUT2D eigenvalue weighted by Gasteiger charge is 2.42. The average Bonchev–Trinajstić information content (AvgIpc) is 3.45. The Bertz CT molecular complexity index is 1890. The van der Waals surface area contributed by atoms with Gasteiger partial charge in [0.05, 0.1) is 21.8 Å². The van der Waals surface area contributed by atoms with Crippen LogP contribution in [0.25, 0.3) is 11.3 Å². The summed E-state index contributed by atoms with van der Waals surface area (Å²) in [6.07, 6.45) is -2.88. The third-order valence-corrected chi connectivity index (χ3v) is 9.18. The molecule has 5 rings (SSSR count). The smallest absolute Gasteiger partial charge is 0.453 e. The summed E-state index contributed by atoms with van der Waals surface area (Å²) in [6, 6.07) is 11.0. The molecule has 0 atom stereocenters. The number of benzene rings is 2. The Morgan fingerprint density at radius 3 is 2.40 bits per heavy atom. The molecule has 2 aromatic heterocycles. The molecular formula is C31H30F3N5O6S2. The first kappa shape index (κ1) is 34.0. The van der Waals surface area contributed by atoms with Crippen LogP contribution < -0.4 is 14.8 Å². The van der Waals surface area contributed by atoms with Crippen LogP contribution in [0.1, 0.15) is 21.6 Å². The number of amides is 1. The van der Waals surface area contributed by atoms with Gasteiger partial charge in [-0.05, 0) is 62.0 Å². The molecule has 16 heteroatoms. The summed E-state index contributed by atoms with van der Waals surface area (Å²) < 4.78 is 74.8. The highest BCUT2D eigenvalue weighted by atomic mass is 32.2. The van der Waals surface area contributed by atoms with Crippen molar-refractivity contribution < 1.29 is 40.7 Å². The molecule has 0 unspecified atom stereocenters. The summed E-state index contributed by atoms with van der Waals surface area (Å²) in [7, 11) is -1.51. The maximum absolute atomic E-state index is 13.8. The van der Waals surface area contributed by atoms with Gasteiger partial charge in [0.1, 0.15) is 5.75 Å². The fourth-order valence-corrected chi connectivity index (χ4v) is 6.07. The third-order valence-electron chi connectivity index (χ3n) is 7.24. The number of anilines is 1. The number of hydrogen-bond donors (Lipinski definition) is 1. The lowest BCUT2D eigenvalue weighted by molar-refractivity contribution is -0.189. The minimum Gasteiger partial charge on any atom is -0.453 e. The summed E-state index contributed by atoms with van der Waals surface area (Å²) in [5.41, 5.74) is 1.59. The van der Waals surface area contributed by atoms with E-state index in [9.17, 15) is 31.2 Å². The molecule has 3 heterocycles. The van der Waals surface area contributed by atoms with Crippen molar-refractivity contribution in [3.05, 3.63) is 76.9 Å². The van der Waals surface area contributed by atoms with Crippen molar-refractivity contribution >= 4 is 38.2 Å². The topological polar surface area (TPSA) is 131 Å². The molecule has 0 spiro atoms. The van der Waals surface area contributed by atoms with E-state index in [1.54, 1.807) is 24.4 Å². The number of nitrogens with one attached hydrogen (secondary N) is 1. The minimum atomic E-state index is -5.40. The third kappa shape index (κ3) is 8.51. The Balaban J connectivity index is 1.55. The second-order valence-corrected chi connectivity index (χ2v) is 13.8. The highest BCUT2D eigenvalue weighted by Crippen LogP contribution is 2.41. The van der Waals surface area contributed by atoms with Gasteiger partial charge in [-0.2, -0.15) is 13.2 Å². The van der Waals surface area contributed by atoms with Crippen molar-refractivity contribution in [2.45, 2.75) is 24.5 Å². The van der Waals surface area contributed by atoms with E-state index in [2.05, 4.69) is 25.1 Å². The molecule has 11 nitrogen and oxygen atoms in total. The summed E-state index contributed by atoms with van der Waals surface area (Å²) in [5.74, 6) is -4.71. The maximum Gasteiger partial charge on any atom is 0.491 e. The Hall–Kier alpha value is -4.38. The summed E-state index contributed by atoms with van der Waals surface area (Å²) in [5, 5.41) is 4.57. The number of thiazole rings is 1. The number of carbonyl (C=O) groups excluding carboxylic acids is 2. The van der Waals surface area contributed by atoms with Gasteiger partial charge < -0.3 is 14.4 Å². The zero-order valence-electron chi connectivity index (χ0n) is 25.5. The number of alkyl halides is 3. The molecular weight excluding hydrogens is 659 g/mol. The largest absolute Gasteiger partial charge is 0.491 e. The number of pyridine rings is 1. The fraction of sp³-hybridized carbons (Fsp3) is 0.290. The number of nitrogens with zero attached hydrogens (tertiary/aromatic N) is 4.